The lowest BCUT2D eigenvalue weighted by atomic mass is 10.1. The first-order chi connectivity index (χ1) is 9.06. The second-order valence-electron chi connectivity index (χ2n) is 5.35. The van der Waals surface area contributed by atoms with Crippen LogP contribution in [0.4, 0.5) is 0 Å². The zero-order chi connectivity index (χ0) is 13.8. The predicted octanol–water partition coefficient (Wildman–Crippen LogP) is 3.29. The maximum atomic E-state index is 12.1. The molecule has 1 saturated heterocycles. The van der Waals surface area contributed by atoms with Crippen LogP contribution >= 0.6 is 11.6 Å². The van der Waals surface area contributed by atoms with E-state index in [9.17, 15) is 4.79 Å². The van der Waals surface area contributed by atoms with E-state index in [2.05, 4.69) is 13.8 Å². The Labute approximate surface area is 119 Å². The average molecular weight is 282 g/mol. The van der Waals surface area contributed by atoms with E-state index in [0.717, 1.165) is 5.56 Å². The summed E-state index contributed by atoms with van der Waals surface area (Å²) < 4.78 is 5.75. The van der Waals surface area contributed by atoms with E-state index in [1.165, 1.54) is 0 Å². The summed E-state index contributed by atoms with van der Waals surface area (Å²) in [5.41, 5.74) is 1.04. The molecule has 0 bridgehead atoms. The molecule has 1 atom stereocenters. The van der Waals surface area contributed by atoms with E-state index < -0.39 is 0 Å². The number of benzene rings is 1. The average Bonchev–Trinajstić information content (AvgIpc) is 2.38. The molecule has 0 aromatic heterocycles. The molecule has 104 valence electrons. The normalized spacial score (nSPS) is 19.8. The molecule has 1 aliphatic rings. The van der Waals surface area contributed by atoms with E-state index in [1.807, 2.05) is 29.2 Å². The zero-order valence-electron chi connectivity index (χ0n) is 11.4. The number of carbonyl (C=O) groups excluding carboxylic acids is 1. The number of carbonyl (C=O) groups is 1. The molecule has 0 saturated carbocycles. The summed E-state index contributed by atoms with van der Waals surface area (Å²) in [6, 6.07) is 7.65. The first-order valence-corrected chi connectivity index (χ1v) is 7.09. The molecular formula is C15H20ClNO2. The molecule has 4 heteroatoms. The Balaban J connectivity index is 2.03. The van der Waals surface area contributed by atoms with Crippen LogP contribution in [-0.2, 0) is 9.53 Å². The summed E-state index contributed by atoms with van der Waals surface area (Å²) in [7, 11) is 0. The van der Waals surface area contributed by atoms with Gasteiger partial charge in [0.15, 0.2) is 0 Å². The van der Waals surface area contributed by atoms with Gasteiger partial charge < -0.3 is 9.64 Å². The number of rotatable bonds is 3. The molecule has 3 nitrogen and oxygen atoms in total. The molecule has 1 aliphatic heterocycles. The summed E-state index contributed by atoms with van der Waals surface area (Å²) in [4.78, 5) is 14.0. The Morgan fingerprint density at radius 1 is 1.53 bits per heavy atom. The van der Waals surface area contributed by atoms with Crippen LogP contribution < -0.4 is 0 Å². The number of amides is 1. The van der Waals surface area contributed by atoms with Gasteiger partial charge in [0.1, 0.15) is 6.10 Å². The molecule has 1 amide bonds. The fourth-order valence-electron chi connectivity index (χ4n) is 2.26. The van der Waals surface area contributed by atoms with Gasteiger partial charge >= 0.3 is 0 Å². The smallest absolute Gasteiger partial charge is 0.223 e. The first-order valence-electron chi connectivity index (χ1n) is 6.71. The quantitative estimate of drug-likeness (QED) is 0.851. The molecule has 0 N–H and O–H groups in total. The van der Waals surface area contributed by atoms with Crippen molar-refractivity contribution in [3.05, 3.63) is 34.9 Å². The number of halogens is 1. The van der Waals surface area contributed by atoms with Crippen LogP contribution in [0.1, 0.15) is 31.9 Å². The summed E-state index contributed by atoms with van der Waals surface area (Å²) in [6.45, 7) is 6.01. The highest BCUT2D eigenvalue weighted by Gasteiger charge is 2.25. The molecule has 1 fully saturated rings. The van der Waals surface area contributed by atoms with Gasteiger partial charge in [-0.15, -0.1) is 0 Å². The van der Waals surface area contributed by atoms with Crippen LogP contribution in [0.25, 0.3) is 0 Å². The maximum absolute atomic E-state index is 12.1. The van der Waals surface area contributed by atoms with Crippen molar-refractivity contribution >= 4 is 17.5 Å². The molecule has 1 aromatic carbocycles. The molecule has 1 unspecified atom stereocenters. The lowest BCUT2D eigenvalue weighted by Crippen LogP contribution is -2.42. The Bertz CT molecular complexity index is 448. The van der Waals surface area contributed by atoms with E-state index in [-0.39, 0.29) is 12.0 Å². The SMILES string of the molecule is CC(C)CC(=O)N1CCOC(c2cccc(Cl)c2)C1. The maximum Gasteiger partial charge on any atom is 0.223 e. The topological polar surface area (TPSA) is 29.5 Å². The highest BCUT2D eigenvalue weighted by atomic mass is 35.5. The van der Waals surface area contributed by atoms with Crippen molar-refractivity contribution in [1.29, 1.82) is 0 Å². The summed E-state index contributed by atoms with van der Waals surface area (Å²) >= 11 is 6.00. The predicted molar refractivity (Wildman–Crippen MR) is 76.2 cm³/mol. The fourth-order valence-corrected chi connectivity index (χ4v) is 2.46. The third kappa shape index (κ3) is 3.95. The number of nitrogens with zero attached hydrogens (tertiary/aromatic N) is 1. The van der Waals surface area contributed by atoms with Crippen LogP contribution in [-0.4, -0.2) is 30.5 Å². The monoisotopic (exact) mass is 281 g/mol. The molecule has 0 spiro atoms. The highest BCUT2D eigenvalue weighted by Crippen LogP contribution is 2.25. The van der Waals surface area contributed by atoms with Crippen LogP contribution in [0.15, 0.2) is 24.3 Å². The molecule has 0 aliphatic carbocycles. The standard InChI is InChI=1S/C15H20ClNO2/c1-11(2)8-15(18)17-6-7-19-14(10-17)12-4-3-5-13(16)9-12/h3-5,9,11,14H,6-8,10H2,1-2H3. The van der Waals surface area contributed by atoms with Crippen LogP contribution in [0.3, 0.4) is 0 Å². The molecular weight excluding hydrogens is 262 g/mol. The summed E-state index contributed by atoms with van der Waals surface area (Å²) in [6.07, 6.45) is 0.533. The Kier molecular flexibility index (Phi) is 4.83. The van der Waals surface area contributed by atoms with Crippen molar-refractivity contribution in [2.24, 2.45) is 5.92 Å². The number of hydrogen-bond acceptors (Lipinski definition) is 2. The van der Waals surface area contributed by atoms with Crippen molar-refractivity contribution in [2.45, 2.75) is 26.4 Å². The van der Waals surface area contributed by atoms with E-state index >= 15 is 0 Å². The lowest BCUT2D eigenvalue weighted by molar-refractivity contribution is -0.139. The van der Waals surface area contributed by atoms with Crippen LogP contribution in [0.2, 0.25) is 5.02 Å². The Morgan fingerprint density at radius 2 is 2.32 bits per heavy atom. The third-order valence-electron chi connectivity index (χ3n) is 3.22. The first kappa shape index (κ1) is 14.4. The molecule has 1 heterocycles. The van der Waals surface area contributed by atoms with Gasteiger partial charge in [-0.2, -0.15) is 0 Å². The summed E-state index contributed by atoms with van der Waals surface area (Å²) in [5, 5.41) is 0.701. The van der Waals surface area contributed by atoms with Crippen molar-refractivity contribution < 1.29 is 9.53 Å². The van der Waals surface area contributed by atoms with Crippen molar-refractivity contribution in [2.75, 3.05) is 19.7 Å². The Morgan fingerprint density at radius 3 is 3.00 bits per heavy atom. The van der Waals surface area contributed by atoms with Gasteiger partial charge in [0.05, 0.1) is 13.2 Å². The van der Waals surface area contributed by atoms with Crippen molar-refractivity contribution in [3.8, 4) is 0 Å². The molecule has 1 aromatic rings. The second kappa shape index (κ2) is 6.40. The second-order valence-corrected chi connectivity index (χ2v) is 5.79. The van der Waals surface area contributed by atoms with Gasteiger partial charge in [-0.3, -0.25) is 4.79 Å². The van der Waals surface area contributed by atoms with E-state index in [0.29, 0.717) is 37.1 Å². The van der Waals surface area contributed by atoms with Crippen molar-refractivity contribution in [1.82, 2.24) is 4.90 Å². The minimum absolute atomic E-state index is 0.0661. The molecule has 0 radical (unpaired) electrons. The van der Waals surface area contributed by atoms with Crippen LogP contribution in [0, 0.1) is 5.92 Å². The van der Waals surface area contributed by atoms with Gasteiger partial charge in [0.2, 0.25) is 5.91 Å². The highest BCUT2D eigenvalue weighted by molar-refractivity contribution is 6.30. The minimum atomic E-state index is -0.0661. The summed E-state index contributed by atoms with van der Waals surface area (Å²) in [5.74, 6) is 0.602. The lowest BCUT2D eigenvalue weighted by Gasteiger charge is -2.33. The van der Waals surface area contributed by atoms with Gasteiger partial charge in [-0.05, 0) is 23.6 Å². The van der Waals surface area contributed by atoms with E-state index in [1.54, 1.807) is 0 Å². The minimum Gasteiger partial charge on any atom is -0.370 e. The van der Waals surface area contributed by atoms with Gasteiger partial charge in [-0.25, -0.2) is 0 Å². The largest absolute Gasteiger partial charge is 0.370 e. The van der Waals surface area contributed by atoms with Crippen molar-refractivity contribution in [3.63, 3.8) is 0 Å². The molecule has 19 heavy (non-hydrogen) atoms. The Hall–Kier alpha value is -1.06. The van der Waals surface area contributed by atoms with Gasteiger partial charge in [0.25, 0.3) is 0 Å². The van der Waals surface area contributed by atoms with Gasteiger partial charge in [-0.1, -0.05) is 37.6 Å². The van der Waals surface area contributed by atoms with Crippen LogP contribution in [0.5, 0.6) is 0 Å². The fraction of sp³-hybridized carbons (Fsp3) is 0.533. The van der Waals surface area contributed by atoms with Gasteiger partial charge in [0, 0.05) is 18.0 Å². The number of hydrogen-bond donors (Lipinski definition) is 0. The number of ether oxygens (including phenoxy) is 1. The third-order valence-corrected chi connectivity index (χ3v) is 3.46. The zero-order valence-corrected chi connectivity index (χ0v) is 12.2. The number of morpholine rings is 1. The van der Waals surface area contributed by atoms with E-state index in [4.69, 9.17) is 16.3 Å². The molecule has 2 rings (SSSR count).